The smallest absolute Gasteiger partial charge is 0.338 e. The maximum Gasteiger partial charge on any atom is 0.338 e. The molecular weight excluding hydrogens is 347 g/mol. The Kier molecular flexibility index (Phi) is 5.18. The van der Waals surface area contributed by atoms with E-state index in [1.54, 1.807) is 48.9 Å². The summed E-state index contributed by atoms with van der Waals surface area (Å²) in [6, 6.07) is 13.8. The zero-order valence-electron chi connectivity index (χ0n) is 12.6. The van der Waals surface area contributed by atoms with Crippen LogP contribution in [-0.2, 0) is 11.3 Å². The molecule has 0 spiro atoms. The molecule has 0 fully saturated rings. The fourth-order valence-electron chi connectivity index (χ4n) is 2.26. The van der Waals surface area contributed by atoms with Crippen molar-refractivity contribution in [2.45, 2.75) is 12.6 Å². The Morgan fingerprint density at radius 1 is 1.04 bits per heavy atom. The summed E-state index contributed by atoms with van der Waals surface area (Å²) in [6.45, 7) is 0.459. The lowest BCUT2D eigenvalue weighted by Gasteiger charge is -2.19. The second kappa shape index (κ2) is 7.51. The number of hydrogen-bond donors (Lipinski definition) is 0. The molecule has 0 saturated carbocycles. The third-order valence-corrected chi connectivity index (χ3v) is 4.01. The Hall–Kier alpha value is -2.30. The number of carbonyl (C=O) groups excluding carboxylic acids is 1. The Bertz CT molecular complexity index is 800. The Morgan fingerprint density at radius 3 is 2.25 bits per heavy atom. The van der Waals surface area contributed by atoms with Crippen molar-refractivity contribution in [3.05, 3.63) is 88.4 Å². The van der Waals surface area contributed by atoms with Gasteiger partial charge in [-0.3, -0.25) is 0 Å². The molecule has 0 aliphatic carbocycles. The van der Waals surface area contributed by atoms with E-state index in [9.17, 15) is 4.79 Å². The van der Waals surface area contributed by atoms with Gasteiger partial charge in [-0.05, 0) is 42.0 Å². The predicted octanol–water partition coefficient (Wildman–Crippen LogP) is 4.79. The number of benzene rings is 2. The number of ether oxygens (including phenoxy) is 1. The molecule has 2 aromatic carbocycles. The quantitative estimate of drug-likeness (QED) is 0.614. The number of imidazole rings is 1. The number of nitrogens with zero attached hydrogens (tertiary/aromatic N) is 2. The molecule has 0 amide bonds. The molecule has 0 radical (unpaired) electrons. The molecule has 24 heavy (non-hydrogen) atoms. The topological polar surface area (TPSA) is 44.1 Å². The highest BCUT2D eigenvalue weighted by Crippen LogP contribution is 2.23. The first kappa shape index (κ1) is 16.6. The first-order chi connectivity index (χ1) is 11.6. The van der Waals surface area contributed by atoms with Crippen molar-refractivity contribution in [1.82, 2.24) is 9.55 Å². The summed E-state index contributed by atoms with van der Waals surface area (Å²) in [6.07, 6.45) is 4.72. The van der Waals surface area contributed by atoms with Crippen LogP contribution in [0.15, 0.2) is 67.3 Å². The lowest BCUT2D eigenvalue weighted by Crippen LogP contribution is -2.16. The molecule has 4 nitrogen and oxygen atoms in total. The molecule has 0 aliphatic rings. The normalized spacial score (nSPS) is 11.9. The third kappa shape index (κ3) is 4.16. The molecule has 3 rings (SSSR count). The minimum atomic E-state index is -0.459. The van der Waals surface area contributed by atoms with Crippen LogP contribution in [0.25, 0.3) is 0 Å². The summed E-state index contributed by atoms with van der Waals surface area (Å²) in [5, 5.41) is 1.20. The van der Waals surface area contributed by atoms with Crippen molar-refractivity contribution in [3.8, 4) is 0 Å². The highest BCUT2D eigenvalue weighted by Gasteiger charge is 2.19. The van der Waals surface area contributed by atoms with Crippen molar-refractivity contribution < 1.29 is 9.53 Å². The molecular formula is C18H14Cl2N2O2. The number of hydrogen-bond acceptors (Lipinski definition) is 3. The monoisotopic (exact) mass is 360 g/mol. The minimum absolute atomic E-state index is 0.410. The van der Waals surface area contributed by atoms with Crippen molar-refractivity contribution >= 4 is 29.2 Å². The summed E-state index contributed by atoms with van der Waals surface area (Å²) in [5.74, 6) is -0.410. The molecule has 1 unspecified atom stereocenters. The van der Waals surface area contributed by atoms with Gasteiger partial charge in [0.15, 0.2) is 0 Å². The molecule has 6 heteroatoms. The van der Waals surface area contributed by atoms with Gasteiger partial charge in [0.25, 0.3) is 0 Å². The van der Waals surface area contributed by atoms with Gasteiger partial charge in [-0.25, -0.2) is 9.78 Å². The summed E-state index contributed by atoms with van der Waals surface area (Å²) in [4.78, 5) is 16.4. The van der Waals surface area contributed by atoms with Crippen LogP contribution in [0.3, 0.4) is 0 Å². The number of esters is 1. The zero-order chi connectivity index (χ0) is 16.9. The van der Waals surface area contributed by atoms with Gasteiger partial charge in [0.05, 0.1) is 18.4 Å². The zero-order valence-corrected chi connectivity index (χ0v) is 14.1. The Balaban J connectivity index is 1.82. The molecule has 0 saturated heterocycles. The van der Waals surface area contributed by atoms with Crippen LogP contribution in [-0.4, -0.2) is 15.5 Å². The van der Waals surface area contributed by atoms with Gasteiger partial charge in [-0.15, -0.1) is 0 Å². The van der Waals surface area contributed by atoms with E-state index in [1.807, 2.05) is 22.9 Å². The maximum absolute atomic E-state index is 12.4. The first-order valence-corrected chi connectivity index (χ1v) is 8.05. The van der Waals surface area contributed by atoms with Crippen LogP contribution in [0, 0.1) is 0 Å². The van der Waals surface area contributed by atoms with Gasteiger partial charge in [0.1, 0.15) is 6.10 Å². The van der Waals surface area contributed by atoms with E-state index in [0.717, 1.165) is 5.56 Å². The van der Waals surface area contributed by atoms with E-state index >= 15 is 0 Å². The van der Waals surface area contributed by atoms with E-state index in [4.69, 9.17) is 27.9 Å². The first-order valence-electron chi connectivity index (χ1n) is 7.29. The summed E-state index contributed by atoms with van der Waals surface area (Å²) < 4.78 is 7.56. The molecule has 1 aromatic heterocycles. The van der Waals surface area contributed by atoms with E-state index in [1.165, 1.54) is 0 Å². The fraction of sp³-hybridized carbons (Fsp3) is 0.111. The van der Waals surface area contributed by atoms with Crippen LogP contribution in [0.2, 0.25) is 10.0 Å². The standard InChI is InChI=1S/C18H14Cl2N2O2/c19-15-5-1-13(2-6-15)17(11-22-10-9-21-12-22)24-18(23)14-3-7-16(20)8-4-14/h1-10,12,17H,11H2. The molecule has 1 heterocycles. The average Bonchev–Trinajstić information content (AvgIpc) is 3.08. The van der Waals surface area contributed by atoms with Crippen LogP contribution in [0.1, 0.15) is 22.0 Å². The van der Waals surface area contributed by atoms with Gasteiger partial charge in [-0.1, -0.05) is 35.3 Å². The average molecular weight is 361 g/mol. The van der Waals surface area contributed by atoms with Crippen LogP contribution < -0.4 is 0 Å². The van der Waals surface area contributed by atoms with Crippen molar-refractivity contribution in [2.75, 3.05) is 0 Å². The molecule has 0 bridgehead atoms. The van der Waals surface area contributed by atoms with E-state index in [-0.39, 0.29) is 0 Å². The second-order valence-corrected chi connectivity index (χ2v) is 6.08. The Labute approximate surface area is 149 Å². The lowest BCUT2D eigenvalue weighted by molar-refractivity contribution is 0.0255. The number of rotatable bonds is 5. The highest BCUT2D eigenvalue weighted by atomic mass is 35.5. The van der Waals surface area contributed by atoms with Crippen molar-refractivity contribution in [3.63, 3.8) is 0 Å². The van der Waals surface area contributed by atoms with Gasteiger partial charge in [-0.2, -0.15) is 0 Å². The number of carbonyl (C=O) groups is 1. The molecule has 3 aromatic rings. The van der Waals surface area contributed by atoms with Gasteiger partial charge >= 0.3 is 5.97 Å². The molecule has 122 valence electrons. The van der Waals surface area contributed by atoms with E-state index in [0.29, 0.717) is 22.2 Å². The number of halogens is 2. The minimum Gasteiger partial charge on any atom is -0.452 e. The largest absolute Gasteiger partial charge is 0.452 e. The van der Waals surface area contributed by atoms with E-state index in [2.05, 4.69) is 4.98 Å². The predicted molar refractivity (Wildman–Crippen MR) is 93.3 cm³/mol. The van der Waals surface area contributed by atoms with Crippen LogP contribution >= 0.6 is 23.2 Å². The summed E-state index contributed by atoms with van der Waals surface area (Å²) in [7, 11) is 0. The van der Waals surface area contributed by atoms with Gasteiger partial charge in [0, 0.05) is 22.4 Å². The van der Waals surface area contributed by atoms with E-state index < -0.39 is 12.1 Å². The fourth-order valence-corrected chi connectivity index (χ4v) is 2.51. The second-order valence-electron chi connectivity index (χ2n) is 5.21. The van der Waals surface area contributed by atoms with Gasteiger partial charge in [0.2, 0.25) is 0 Å². The molecule has 1 atom stereocenters. The molecule has 0 aliphatic heterocycles. The SMILES string of the molecule is O=C(OC(Cn1ccnc1)c1ccc(Cl)cc1)c1ccc(Cl)cc1. The third-order valence-electron chi connectivity index (χ3n) is 3.51. The molecule has 0 N–H and O–H groups in total. The summed E-state index contributed by atoms with van der Waals surface area (Å²) >= 11 is 11.8. The van der Waals surface area contributed by atoms with Crippen molar-refractivity contribution in [2.24, 2.45) is 0 Å². The van der Waals surface area contributed by atoms with Crippen LogP contribution in [0.5, 0.6) is 0 Å². The Morgan fingerprint density at radius 2 is 1.67 bits per heavy atom. The maximum atomic E-state index is 12.4. The lowest BCUT2D eigenvalue weighted by atomic mass is 10.1. The highest BCUT2D eigenvalue weighted by molar-refractivity contribution is 6.30. The number of aromatic nitrogens is 2. The van der Waals surface area contributed by atoms with Gasteiger partial charge < -0.3 is 9.30 Å². The van der Waals surface area contributed by atoms with Crippen molar-refractivity contribution in [1.29, 1.82) is 0 Å². The summed E-state index contributed by atoms with van der Waals surface area (Å²) in [5.41, 5.74) is 1.31. The van der Waals surface area contributed by atoms with Crippen LogP contribution in [0.4, 0.5) is 0 Å².